The fraction of sp³-hybridized carbons (Fsp3) is 0.500. The fourth-order valence-corrected chi connectivity index (χ4v) is 1.67. The number of aliphatic hydroxyl groups excluding tert-OH is 2. The molecule has 1 heterocycles. The lowest BCUT2D eigenvalue weighted by molar-refractivity contribution is -0.119. The Morgan fingerprint density at radius 2 is 2.11 bits per heavy atom. The van der Waals surface area contributed by atoms with Crippen molar-refractivity contribution in [1.82, 2.24) is 10.3 Å². The van der Waals surface area contributed by atoms with Gasteiger partial charge in [0, 0.05) is 30.8 Å². The second-order valence-corrected chi connectivity index (χ2v) is 4.19. The summed E-state index contributed by atoms with van der Waals surface area (Å²) in [6.45, 7) is 3.32. The smallest absolute Gasteiger partial charge is 0.248 e. The van der Waals surface area contributed by atoms with Crippen LogP contribution in [0.5, 0.6) is 0 Å². The number of aromatic nitrogens is 1. The highest BCUT2D eigenvalue weighted by Gasteiger charge is 2.20. The Labute approximate surface area is 105 Å². The molecule has 0 fully saturated rings. The van der Waals surface area contributed by atoms with Crippen LogP contribution >= 0.6 is 0 Å². The molecule has 0 bridgehead atoms. The van der Waals surface area contributed by atoms with Crippen LogP contribution in [0.2, 0.25) is 0 Å². The molecule has 0 aliphatic heterocycles. The largest absolute Gasteiger partial charge is 0.390 e. The molecule has 0 saturated carbocycles. The maximum absolute atomic E-state index is 11.0. The molecule has 0 aliphatic rings. The van der Waals surface area contributed by atoms with Crippen LogP contribution in [-0.2, 0) is 4.79 Å². The zero-order chi connectivity index (χ0) is 13.7. The van der Waals surface area contributed by atoms with Gasteiger partial charge in [-0.3, -0.25) is 9.59 Å². The minimum Gasteiger partial charge on any atom is -0.390 e. The van der Waals surface area contributed by atoms with E-state index in [0.29, 0.717) is 11.3 Å². The number of aromatic amines is 1. The minimum atomic E-state index is -1.09. The van der Waals surface area contributed by atoms with E-state index in [1.165, 1.54) is 19.1 Å². The Hall–Kier alpha value is -1.66. The first-order valence-corrected chi connectivity index (χ1v) is 5.72. The molecule has 0 radical (unpaired) electrons. The second kappa shape index (κ2) is 6.32. The van der Waals surface area contributed by atoms with E-state index in [1.807, 2.05) is 0 Å². The molecule has 0 aliphatic carbocycles. The number of pyridine rings is 1. The van der Waals surface area contributed by atoms with Crippen molar-refractivity contribution in [3.05, 3.63) is 33.7 Å². The van der Waals surface area contributed by atoms with Gasteiger partial charge in [0.25, 0.3) is 0 Å². The van der Waals surface area contributed by atoms with Crippen LogP contribution in [0.4, 0.5) is 0 Å². The molecule has 1 aromatic rings. The van der Waals surface area contributed by atoms with E-state index in [4.69, 9.17) is 0 Å². The number of aliphatic hydroxyl groups is 2. The number of nitrogens with one attached hydrogen (secondary N) is 2. The van der Waals surface area contributed by atoms with E-state index in [0.717, 1.165) is 0 Å². The molecule has 4 N–H and O–H groups in total. The maximum Gasteiger partial charge on any atom is 0.248 e. The molecule has 1 amide bonds. The predicted molar refractivity (Wildman–Crippen MR) is 66.1 cm³/mol. The highest BCUT2D eigenvalue weighted by molar-refractivity contribution is 5.72. The van der Waals surface area contributed by atoms with Crippen LogP contribution in [-0.4, -0.2) is 33.8 Å². The number of aryl methyl sites for hydroxylation is 1. The van der Waals surface area contributed by atoms with E-state index in [2.05, 4.69) is 10.3 Å². The van der Waals surface area contributed by atoms with Gasteiger partial charge in [0.1, 0.15) is 6.10 Å². The SMILES string of the molecule is CC(=O)NCCC(O)C(O)c1ccc(=O)[nH]c1C. The first-order chi connectivity index (χ1) is 8.41. The monoisotopic (exact) mass is 254 g/mol. The Balaban J connectivity index is 2.65. The van der Waals surface area contributed by atoms with Gasteiger partial charge in [-0.1, -0.05) is 0 Å². The fourth-order valence-electron chi connectivity index (χ4n) is 1.67. The summed E-state index contributed by atoms with van der Waals surface area (Å²) in [4.78, 5) is 24.2. The third-order valence-electron chi connectivity index (χ3n) is 2.66. The zero-order valence-corrected chi connectivity index (χ0v) is 10.4. The average Bonchev–Trinajstić information content (AvgIpc) is 2.27. The normalized spacial score (nSPS) is 14.0. The van der Waals surface area contributed by atoms with Gasteiger partial charge < -0.3 is 20.5 Å². The molecule has 0 saturated heterocycles. The van der Waals surface area contributed by atoms with Gasteiger partial charge in [0.15, 0.2) is 0 Å². The molecular weight excluding hydrogens is 236 g/mol. The van der Waals surface area contributed by atoms with Crippen LogP contribution < -0.4 is 10.9 Å². The lowest BCUT2D eigenvalue weighted by Crippen LogP contribution is -2.28. The lowest BCUT2D eigenvalue weighted by Gasteiger charge is -2.19. The quantitative estimate of drug-likeness (QED) is 0.574. The van der Waals surface area contributed by atoms with E-state index >= 15 is 0 Å². The summed E-state index contributed by atoms with van der Waals surface area (Å²) in [5.41, 5.74) is 0.745. The van der Waals surface area contributed by atoms with Gasteiger partial charge in [-0.15, -0.1) is 0 Å². The zero-order valence-electron chi connectivity index (χ0n) is 10.4. The van der Waals surface area contributed by atoms with E-state index < -0.39 is 12.2 Å². The van der Waals surface area contributed by atoms with Crippen molar-refractivity contribution in [3.8, 4) is 0 Å². The third-order valence-corrected chi connectivity index (χ3v) is 2.66. The molecule has 100 valence electrons. The Morgan fingerprint density at radius 3 is 2.67 bits per heavy atom. The number of amides is 1. The van der Waals surface area contributed by atoms with Crippen molar-refractivity contribution in [2.75, 3.05) is 6.54 Å². The molecule has 2 atom stereocenters. The van der Waals surface area contributed by atoms with Crippen molar-refractivity contribution in [1.29, 1.82) is 0 Å². The van der Waals surface area contributed by atoms with E-state index in [1.54, 1.807) is 6.92 Å². The highest BCUT2D eigenvalue weighted by Crippen LogP contribution is 2.19. The summed E-state index contributed by atoms with van der Waals surface area (Å²) in [5.74, 6) is -0.183. The van der Waals surface area contributed by atoms with Crippen LogP contribution in [0.15, 0.2) is 16.9 Å². The molecule has 1 rings (SSSR count). The Bertz CT molecular complexity index is 469. The third kappa shape index (κ3) is 3.97. The molecule has 6 nitrogen and oxygen atoms in total. The van der Waals surface area contributed by atoms with Crippen LogP contribution in [0, 0.1) is 6.92 Å². The number of carbonyl (C=O) groups is 1. The van der Waals surface area contributed by atoms with Gasteiger partial charge >= 0.3 is 0 Å². The summed E-state index contributed by atoms with van der Waals surface area (Å²) in [7, 11) is 0. The van der Waals surface area contributed by atoms with Gasteiger partial charge in [-0.05, 0) is 19.4 Å². The van der Waals surface area contributed by atoms with Crippen LogP contribution in [0.1, 0.15) is 30.7 Å². The summed E-state index contributed by atoms with van der Waals surface area (Å²) in [6.07, 6.45) is -1.85. The first-order valence-electron chi connectivity index (χ1n) is 5.72. The molecule has 6 heteroatoms. The van der Waals surface area contributed by atoms with Crippen molar-refractivity contribution in [2.45, 2.75) is 32.5 Å². The topological polar surface area (TPSA) is 102 Å². The number of hydrogen-bond donors (Lipinski definition) is 4. The molecule has 0 spiro atoms. The summed E-state index contributed by atoms with van der Waals surface area (Å²) < 4.78 is 0. The van der Waals surface area contributed by atoms with Gasteiger partial charge in [-0.25, -0.2) is 0 Å². The number of carbonyl (C=O) groups excluding carboxylic acids is 1. The van der Waals surface area contributed by atoms with E-state index in [9.17, 15) is 19.8 Å². The number of hydrogen-bond acceptors (Lipinski definition) is 4. The molecule has 0 aromatic carbocycles. The minimum absolute atomic E-state index is 0.183. The number of rotatable bonds is 5. The lowest BCUT2D eigenvalue weighted by atomic mass is 10.0. The standard InChI is InChI=1S/C12H18N2O4/c1-7-9(3-4-11(17)14-7)12(18)10(16)5-6-13-8(2)15/h3-4,10,12,16,18H,5-6H2,1-2H3,(H,13,15)(H,14,17). The van der Waals surface area contributed by atoms with Gasteiger partial charge in [-0.2, -0.15) is 0 Å². The van der Waals surface area contributed by atoms with Crippen LogP contribution in [0.25, 0.3) is 0 Å². The maximum atomic E-state index is 11.0. The van der Waals surface area contributed by atoms with Gasteiger partial charge in [0.05, 0.1) is 6.10 Å². The Morgan fingerprint density at radius 1 is 1.44 bits per heavy atom. The predicted octanol–water partition coefficient (Wildman–Crippen LogP) is -0.396. The highest BCUT2D eigenvalue weighted by atomic mass is 16.3. The average molecular weight is 254 g/mol. The van der Waals surface area contributed by atoms with Crippen molar-refractivity contribution < 1.29 is 15.0 Å². The number of H-pyrrole nitrogens is 1. The molecule has 1 aromatic heterocycles. The first kappa shape index (κ1) is 14.4. The summed E-state index contributed by atoms with van der Waals surface area (Å²) in [5, 5.41) is 22.3. The Kier molecular flexibility index (Phi) is 5.06. The summed E-state index contributed by atoms with van der Waals surface area (Å²) in [6, 6.07) is 2.78. The molecule has 18 heavy (non-hydrogen) atoms. The second-order valence-electron chi connectivity index (χ2n) is 4.19. The van der Waals surface area contributed by atoms with Gasteiger partial charge in [0.2, 0.25) is 11.5 Å². The van der Waals surface area contributed by atoms with Crippen molar-refractivity contribution in [3.63, 3.8) is 0 Å². The summed E-state index contributed by atoms with van der Waals surface area (Å²) >= 11 is 0. The van der Waals surface area contributed by atoms with E-state index in [-0.39, 0.29) is 24.4 Å². The van der Waals surface area contributed by atoms with Crippen molar-refractivity contribution >= 4 is 5.91 Å². The van der Waals surface area contributed by atoms with Crippen molar-refractivity contribution in [2.24, 2.45) is 0 Å². The molecular formula is C12H18N2O4. The van der Waals surface area contributed by atoms with Crippen LogP contribution in [0.3, 0.4) is 0 Å². The molecule has 2 unspecified atom stereocenters.